The largest absolute Gasteiger partial charge is 0.264 e. The Morgan fingerprint density at radius 3 is 1.24 bits per heavy atom. The normalized spacial score (nSPS) is 11.1. The third kappa shape index (κ3) is 6.21. The predicted octanol–water partition coefficient (Wildman–Crippen LogP) is 11.5. The van der Waals surface area contributed by atoms with Gasteiger partial charge in [-0.1, -0.05) is 48.5 Å². The molecule has 0 unspecified atom stereocenters. The van der Waals surface area contributed by atoms with E-state index in [-0.39, 0.29) is 0 Å². The molecule has 5 nitrogen and oxygen atoms in total. The van der Waals surface area contributed by atoms with E-state index in [1.54, 1.807) is 23.7 Å². The van der Waals surface area contributed by atoms with Gasteiger partial charge in [0.2, 0.25) is 0 Å². The highest BCUT2D eigenvalue weighted by Crippen LogP contribution is 2.42. The second-order valence-corrected chi connectivity index (χ2v) is 13.3. The van der Waals surface area contributed by atoms with Crippen molar-refractivity contribution in [2.75, 3.05) is 0 Å². The second-order valence-electron chi connectivity index (χ2n) is 12.3. The SMILES string of the molecule is c1cncc(-c2cc(-c3cccnc3)cc(-c3ccc(-c4cc(-c5cccnc5)cc(-c5cccnc5)c4)c(-c4nc5ccccc5s4)c3)c2)c1. The molecule has 6 heteroatoms. The summed E-state index contributed by atoms with van der Waals surface area (Å²) >= 11 is 1.72. The second kappa shape index (κ2) is 13.3. The summed E-state index contributed by atoms with van der Waals surface area (Å²) in [6.07, 6.45) is 14.9. The Morgan fingerprint density at radius 2 is 0.784 bits per heavy atom. The van der Waals surface area contributed by atoms with Crippen LogP contribution in [0.4, 0.5) is 0 Å². The molecule has 0 bridgehead atoms. The van der Waals surface area contributed by atoms with Crippen molar-refractivity contribution in [1.29, 1.82) is 0 Å². The van der Waals surface area contributed by atoms with E-state index in [9.17, 15) is 0 Å². The quantitative estimate of drug-likeness (QED) is 0.169. The molecule has 0 saturated heterocycles. The van der Waals surface area contributed by atoms with Gasteiger partial charge in [-0.15, -0.1) is 11.3 Å². The minimum absolute atomic E-state index is 0.971. The summed E-state index contributed by atoms with van der Waals surface area (Å²) in [5.41, 5.74) is 15.0. The monoisotopic (exact) mass is 671 g/mol. The number of para-hydroxylation sites is 1. The fourth-order valence-corrected chi connectivity index (χ4v) is 7.51. The van der Waals surface area contributed by atoms with E-state index in [1.165, 1.54) is 0 Å². The molecular formula is C45H29N5S. The predicted molar refractivity (Wildman–Crippen MR) is 209 cm³/mol. The Labute approximate surface area is 299 Å². The number of fused-ring (bicyclic) bond motifs is 1. The van der Waals surface area contributed by atoms with Crippen molar-refractivity contribution < 1.29 is 0 Å². The first-order chi connectivity index (χ1) is 25.2. The van der Waals surface area contributed by atoms with E-state index < -0.39 is 0 Å². The summed E-state index contributed by atoms with van der Waals surface area (Å²) in [6, 6.07) is 44.9. The lowest BCUT2D eigenvalue weighted by molar-refractivity contribution is 1.32. The van der Waals surface area contributed by atoms with Crippen LogP contribution in [-0.2, 0) is 0 Å². The van der Waals surface area contributed by atoms with Gasteiger partial charge in [-0.25, -0.2) is 4.98 Å². The number of thiazole rings is 1. The number of aromatic nitrogens is 5. The summed E-state index contributed by atoms with van der Waals surface area (Å²) in [6.45, 7) is 0. The smallest absolute Gasteiger partial charge is 0.125 e. The van der Waals surface area contributed by atoms with E-state index >= 15 is 0 Å². The topological polar surface area (TPSA) is 64.5 Å². The summed E-state index contributed by atoms with van der Waals surface area (Å²) in [4.78, 5) is 22.9. The molecule has 4 aromatic carbocycles. The summed E-state index contributed by atoms with van der Waals surface area (Å²) in [7, 11) is 0. The van der Waals surface area contributed by atoms with Crippen LogP contribution in [0.25, 0.3) is 87.5 Å². The minimum Gasteiger partial charge on any atom is -0.264 e. The Kier molecular flexibility index (Phi) is 7.97. The number of hydrogen-bond donors (Lipinski definition) is 0. The lowest BCUT2D eigenvalue weighted by atomic mass is 9.89. The zero-order valence-corrected chi connectivity index (χ0v) is 28.2. The standard InChI is InChI=1S/C45H29N5S/c1-2-12-44-43(11-1)50-45(51-44)42-25-30(35-19-36(31-7-3-15-46-26-31)21-37(20-35)32-8-4-16-47-27-32)13-14-41(42)40-23-38(33-9-5-17-48-28-33)22-39(24-40)34-10-6-18-49-29-34/h1-29H. The van der Waals surface area contributed by atoms with Crippen molar-refractivity contribution in [2.24, 2.45) is 0 Å². The first-order valence-corrected chi connectivity index (χ1v) is 17.5. The molecule has 0 spiro atoms. The van der Waals surface area contributed by atoms with E-state index in [0.717, 1.165) is 87.5 Å². The zero-order chi connectivity index (χ0) is 34.0. The van der Waals surface area contributed by atoms with Crippen molar-refractivity contribution in [2.45, 2.75) is 0 Å². The van der Waals surface area contributed by atoms with Gasteiger partial charge >= 0.3 is 0 Å². The van der Waals surface area contributed by atoms with E-state index in [0.29, 0.717) is 0 Å². The molecule has 0 saturated carbocycles. The van der Waals surface area contributed by atoms with E-state index in [2.05, 4.69) is 117 Å². The van der Waals surface area contributed by atoms with Crippen molar-refractivity contribution in [3.05, 3.63) is 177 Å². The van der Waals surface area contributed by atoms with Crippen molar-refractivity contribution in [1.82, 2.24) is 24.9 Å². The molecule has 0 aliphatic heterocycles. The fourth-order valence-electron chi connectivity index (χ4n) is 6.52. The maximum atomic E-state index is 5.18. The van der Waals surface area contributed by atoms with Gasteiger partial charge in [-0.2, -0.15) is 0 Å². The molecule has 0 amide bonds. The molecular weight excluding hydrogens is 643 g/mol. The first-order valence-electron chi connectivity index (χ1n) is 16.7. The molecule has 5 heterocycles. The third-order valence-corrected chi connectivity index (χ3v) is 10.1. The van der Waals surface area contributed by atoms with Crippen LogP contribution in [0.2, 0.25) is 0 Å². The van der Waals surface area contributed by atoms with Crippen LogP contribution in [0.3, 0.4) is 0 Å². The molecule has 0 aliphatic rings. The van der Waals surface area contributed by atoms with Gasteiger partial charge in [0.25, 0.3) is 0 Å². The highest BCUT2D eigenvalue weighted by molar-refractivity contribution is 7.21. The number of hydrogen-bond acceptors (Lipinski definition) is 6. The molecule has 0 fully saturated rings. The highest BCUT2D eigenvalue weighted by atomic mass is 32.1. The molecule has 51 heavy (non-hydrogen) atoms. The lowest BCUT2D eigenvalue weighted by Gasteiger charge is -2.16. The molecule has 5 aromatic heterocycles. The molecule has 0 aliphatic carbocycles. The lowest BCUT2D eigenvalue weighted by Crippen LogP contribution is -1.91. The molecule has 240 valence electrons. The summed E-state index contributed by atoms with van der Waals surface area (Å²) in [5.74, 6) is 0. The van der Waals surface area contributed by atoms with Crippen molar-refractivity contribution in [3.8, 4) is 77.3 Å². The van der Waals surface area contributed by atoms with Crippen LogP contribution >= 0.6 is 11.3 Å². The molecule has 0 atom stereocenters. The van der Waals surface area contributed by atoms with E-state index in [1.807, 2.05) is 67.5 Å². The van der Waals surface area contributed by atoms with Gasteiger partial charge in [-0.3, -0.25) is 19.9 Å². The number of pyridine rings is 4. The van der Waals surface area contributed by atoms with Gasteiger partial charge < -0.3 is 0 Å². The average Bonchev–Trinajstić information content (AvgIpc) is 3.66. The van der Waals surface area contributed by atoms with Gasteiger partial charge in [0.15, 0.2) is 0 Å². The van der Waals surface area contributed by atoms with Crippen LogP contribution < -0.4 is 0 Å². The van der Waals surface area contributed by atoms with Crippen LogP contribution in [0.5, 0.6) is 0 Å². The molecule has 9 aromatic rings. The average molecular weight is 672 g/mol. The Balaban J connectivity index is 1.27. The summed E-state index contributed by atoms with van der Waals surface area (Å²) < 4.78 is 1.15. The van der Waals surface area contributed by atoms with Gasteiger partial charge in [-0.05, 0) is 123 Å². The van der Waals surface area contributed by atoms with Crippen LogP contribution in [0.1, 0.15) is 0 Å². The number of benzene rings is 4. The Morgan fingerprint density at radius 1 is 0.333 bits per heavy atom. The maximum absolute atomic E-state index is 5.18. The maximum Gasteiger partial charge on any atom is 0.125 e. The number of nitrogens with zero attached hydrogens (tertiary/aromatic N) is 5. The Bertz CT molecular complexity index is 2470. The third-order valence-electron chi connectivity index (χ3n) is 9.03. The van der Waals surface area contributed by atoms with Gasteiger partial charge in [0.05, 0.1) is 10.2 Å². The van der Waals surface area contributed by atoms with Crippen molar-refractivity contribution in [3.63, 3.8) is 0 Å². The van der Waals surface area contributed by atoms with Crippen LogP contribution in [0.15, 0.2) is 177 Å². The van der Waals surface area contributed by atoms with Crippen molar-refractivity contribution >= 4 is 21.6 Å². The fraction of sp³-hybridized carbons (Fsp3) is 0. The van der Waals surface area contributed by atoms with Gasteiger partial charge in [0.1, 0.15) is 5.01 Å². The first kappa shape index (κ1) is 30.4. The minimum atomic E-state index is 0.971. The van der Waals surface area contributed by atoms with Gasteiger partial charge in [0, 0.05) is 77.4 Å². The molecule has 0 N–H and O–H groups in total. The van der Waals surface area contributed by atoms with Crippen LogP contribution in [-0.4, -0.2) is 24.9 Å². The highest BCUT2D eigenvalue weighted by Gasteiger charge is 2.17. The molecule has 9 rings (SSSR count). The summed E-state index contributed by atoms with van der Waals surface area (Å²) in [5, 5.41) is 0.971. The Hall–Kier alpha value is -6.63. The molecule has 0 radical (unpaired) electrons. The van der Waals surface area contributed by atoms with Crippen LogP contribution in [0, 0.1) is 0 Å². The van der Waals surface area contributed by atoms with E-state index in [4.69, 9.17) is 4.98 Å². The zero-order valence-electron chi connectivity index (χ0n) is 27.4. The number of rotatable bonds is 7.